The van der Waals surface area contributed by atoms with Crippen molar-refractivity contribution in [3.8, 4) is 6.07 Å². The first kappa shape index (κ1) is 8.77. The van der Waals surface area contributed by atoms with Gasteiger partial charge >= 0.3 is 75.1 Å². The molecule has 0 aromatic heterocycles. The summed E-state index contributed by atoms with van der Waals surface area (Å²) in [6.07, 6.45) is 0.886. The predicted molar refractivity (Wildman–Crippen MR) is 45.6 cm³/mol. The minimum absolute atomic E-state index is 0.0255. The van der Waals surface area contributed by atoms with Gasteiger partial charge in [0.15, 0.2) is 0 Å². The molecule has 0 aromatic carbocycles. The molecule has 0 saturated carbocycles. The van der Waals surface area contributed by atoms with Gasteiger partial charge in [0.2, 0.25) is 0 Å². The van der Waals surface area contributed by atoms with Crippen LogP contribution in [0.5, 0.6) is 0 Å². The maximum absolute atomic E-state index is 8.91. The molecule has 0 fully saturated rings. The Morgan fingerprint density at radius 1 is 1.55 bits per heavy atom. The average Bonchev–Trinajstić information content (AvgIpc) is 2.03. The molecule has 1 radical (unpaired) electrons. The third-order valence-corrected chi connectivity index (χ3v) is 2.97. The molecule has 0 saturated heterocycles. The Kier molecular flexibility index (Phi) is 1.86. The van der Waals surface area contributed by atoms with Gasteiger partial charge in [-0.15, -0.1) is 0 Å². The van der Waals surface area contributed by atoms with Crippen molar-refractivity contribution in [1.82, 2.24) is 0 Å². The number of hydrogen-bond acceptors (Lipinski definition) is 2. The molecule has 1 atom stereocenters. The van der Waals surface area contributed by atoms with E-state index in [1.165, 1.54) is 0 Å². The molecule has 0 N–H and O–H groups in total. The monoisotopic (exact) mass is 215 g/mol. The molecule has 0 aliphatic carbocycles. The fraction of sp³-hybridized carbons (Fsp3) is 0.750. The van der Waals surface area contributed by atoms with Crippen molar-refractivity contribution in [2.24, 2.45) is 10.4 Å². The fourth-order valence-electron chi connectivity index (χ4n) is 1.17. The Balaban J connectivity index is 3.06. The van der Waals surface area contributed by atoms with Crippen molar-refractivity contribution in [3.63, 3.8) is 0 Å². The van der Waals surface area contributed by atoms with Crippen molar-refractivity contribution >= 4 is 20.6 Å². The second kappa shape index (κ2) is 2.33. The zero-order valence-electron chi connectivity index (χ0n) is 7.01. The second-order valence-electron chi connectivity index (χ2n) is 3.75. The molecule has 1 heterocycles. The number of nitriles is 1. The van der Waals surface area contributed by atoms with E-state index in [1.807, 2.05) is 6.92 Å². The Hall–Kier alpha value is -0.321. The molecule has 59 valence electrons. The molecule has 1 aliphatic rings. The number of aliphatic imine (C=N–C) groups is 1. The summed E-state index contributed by atoms with van der Waals surface area (Å²) in [6.45, 7) is 6.03. The van der Waals surface area contributed by atoms with Crippen LogP contribution in [0.2, 0.25) is 0 Å². The molecule has 1 rings (SSSR count). The van der Waals surface area contributed by atoms with E-state index in [4.69, 9.17) is 5.26 Å². The topological polar surface area (TPSA) is 36.1 Å². The zero-order valence-corrected chi connectivity index (χ0v) is 8.72. The first-order valence-corrected chi connectivity index (χ1v) is 4.44. The van der Waals surface area contributed by atoms with Gasteiger partial charge in [0, 0.05) is 0 Å². The van der Waals surface area contributed by atoms with E-state index in [0.29, 0.717) is 0 Å². The summed E-state index contributed by atoms with van der Waals surface area (Å²) in [5.74, 6) is 0. The van der Waals surface area contributed by atoms with Crippen LogP contribution < -0.4 is 0 Å². The number of rotatable bonds is 0. The Morgan fingerprint density at radius 3 is 2.27 bits per heavy atom. The third kappa shape index (κ3) is 1.21. The van der Waals surface area contributed by atoms with Gasteiger partial charge in [-0.05, 0) is 0 Å². The summed E-state index contributed by atoms with van der Waals surface area (Å²) in [5, 5.41) is 8.91. The fourth-order valence-corrected chi connectivity index (χ4v) is 2.31. The van der Waals surface area contributed by atoms with E-state index in [1.54, 1.807) is 0 Å². The van der Waals surface area contributed by atoms with Crippen LogP contribution in [0.3, 0.4) is 0 Å². The van der Waals surface area contributed by atoms with Crippen LogP contribution in [-0.4, -0.2) is 26.2 Å². The van der Waals surface area contributed by atoms with Crippen molar-refractivity contribution in [2.45, 2.75) is 32.7 Å². The van der Waals surface area contributed by atoms with Crippen LogP contribution in [0, 0.1) is 16.7 Å². The average molecular weight is 214 g/mol. The van der Waals surface area contributed by atoms with Gasteiger partial charge in [-0.1, -0.05) is 0 Å². The summed E-state index contributed by atoms with van der Waals surface area (Å²) >= 11 is 2.88. The van der Waals surface area contributed by atoms with Crippen LogP contribution in [0.25, 0.3) is 0 Å². The van der Waals surface area contributed by atoms with Gasteiger partial charge in [0.25, 0.3) is 0 Å². The van der Waals surface area contributed by atoms with E-state index in [9.17, 15) is 0 Å². The van der Waals surface area contributed by atoms with Crippen LogP contribution in [0.1, 0.15) is 27.2 Å². The van der Waals surface area contributed by atoms with E-state index >= 15 is 0 Å². The summed E-state index contributed by atoms with van der Waals surface area (Å²) < 4.78 is 0.971. The minimum atomic E-state index is -0.534. The molecule has 0 amide bonds. The van der Waals surface area contributed by atoms with Crippen molar-refractivity contribution in [3.05, 3.63) is 0 Å². The van der Waals surface area contributed by atoms with Crippen molar-refractivity contribution < 1.29 is 0 Å². The summed E-state index contributed by atoms with van der Waals surface area (Å²) in [7, 11) is 0. The van der Waals surface area contributed by atoms with E-state index < -0.39 is 5.54 Å². The zero-order chi connectivity index (χ0) is 8.70. The van der Waals surface area contributed by atoms with Crippen molar-refractivity contribution in [2.75, 3.05) is 0 Å². The molecule has 0 aromatic rings. The second-order valence-corrected chi connectivity index (χ2v) is 4.74. The summed E-state index contributed by atoms with van der Waals surface area (Å²) in [4.78, 5) is 4.29. The van der Waals surface area contributed by atoms with Crippen LogP contribution >= 0.6 is 0 Å². The van der Waals surface area contributed by atoms with E-state index in [-0.39, 0.29) is 5.41 Å². The van der Waals surface area contributed by atoms with Gasteiger partial charge in [-0.25, -0.2) is 0 Å². The molecule has 3 heteroatoms. The SMILES string of the molecule is CC1(C)CC([Se])=NC1(C)C#N. The Labute approximate surface area is 75.5 Å². The molecular weight excluding hydrogens is 203 g/mol. The van der Waals surface area contributed by atoms with Crippen LogP contribution in [-0.2, 0) is 0 Å². The molecule has 1 aliphatic heterocycles. The van der Waals surface area contributed by atoms with Gasteiger partial charge in [0.05, 0.1) is 0 Å². The summed E-state index contributed by atoms with van der Waals surface area (Å²) in [5.41, 5.74) is -0.560. The molecule has 0 bridgehead atoms. The predicted octanol–water partition coefficient (Wildman–Crippen LogP) is 1.27. The van der Waals surface area contributed by atoms with Gasteiger partial charge < -0.3 is 0 Å². The van der Waals surface area contributed by atoms with Crippen LogP contribution in [0.15, 0.2) is 4.99 Å². The van der Waals surface area contributed by atoms with Gasteiger partial charge in [-0.3, -0.25) is 0 Å². The Bertz CT molecular complexity index is 249. The summed E-state index contributed by atoms with van der Waals surface area (Å²) in [6, 6.07) is 2.25. The molecular formula is C8H11N2Se. The number of hydrogen-bond donors (Lipinski definition) is 0. The van der Waals surface area contributed by atoms with Gasteiger partial charge in [0.1, 0.15) is 0 Å². The number of nitrogens with zero attached hydrogens (tertiary/aromatic N) is 2. The first-order chi connectivity index (χ1) is 4.91. The van der Waals surface area contributed by atoms with Gasteiger partial charge in [-0.2, -0.15) is 0 Å². The maximum atomic E-state index is 8.91. The van der Waals surface area contributed by atoms with Crippen LogP contribution in [0.4, 0.5) is 0 Å². The third-order valence-electron chi connectivity index (χ3n) is 2.48. The van der Waals surface area contributed by atoms with Crippen molar-refractivity contribution in [1.29, 1.82) is 5.26 Å². The van der Waals surface area contributed by atoms with E-state index in [2.05, 4.69) is 40.9 Å². The Morgan fingerprint density at radius 2 is 2.09 bits per heavy atom. The standard InChI is InChI=1S/C8H11N2Se/c1-7(2)4-6(11)10-8(7,3)5-9/h4H2,1-3H3. The van der Waals surface area contributed by atoms with E-state index in [0.717, 1.165) is 11.0 Å². The molecule has 11 heavy (non-hydrogen) atoms. The molecule has 0 spiro atoms. The quantitative estimate of drug-likeness (QED) is 0.559. The molecule has 1 unspecified atom stereocenters. The normalized spacial score (nSPS) is 34.5. The first-order valence-electron chi connectivity index (χ1n) is 3.58. The molecule has 2 nitrogen and oxygen atoms in total.